The first kappa shape index (κ1) is 10.1. The number of carbonyl (C=O) groups is 1. The van der Waals surface area contributed by atoms with Gasteiger partial charge in [-0.05, 0) is 13.0 Å². The molecule has 0 bridgehead atoms. The first-order valence-corrected chi connectivity index (χ1v) is 3.88. The minimum atomic E-state index is -0.519. The van der Waals surface area contributed by atoms with Gasteiger partial charge < -0.3 is 0 Å². The zero-order chi connectivity index (χ0) is 10.7. The number of nitro benzene ring substituents is 1. The van der Waals surface area contributed by atoms with Crippen LogP contribution in [0.1, 0.15) is 15.9 Å². The van der Waals surface area contributed by atoms with Crippen LogP contribution in [0.25, 0.3) is 0 Å². The second-order valence-electron chi connectivity index (χ2n) is 2.76. The molecule has 4 N–H and O–H groups in total. The number of nitrogens with one attached hydrogen (secondary N) is 1. The summed E-state index contributed by atoms with van der Waals surface area (Å²) >= 11 is 0. The molecule has 6 heteroatoms. The molecular weight excluding hydrogens is 186 g/mol. The van der Waals surface area contributed by atoms with Gasteiger partial charge in [0.2, 0.25) is 0 Å². The van der Waals surface area contributed by atoms with Crippen molar-refractivity contribution >= 4 is 11.6 Å². The van der Waals surface area contributed by atoms with Crippen LogP contribution in [-0.4, -0.2) is 10.8 Å². The molecule has 0 unspecified atom stereocenters. The van der Waals surface area contributed by atoms with Gasteiger partial charge >= 0.3 is 0 Å². The number of rotatable bonds is 2. The van der Waals surface area contributed by atoms with Crippen molar-refractivity contribution in [3.8, 4) is 0 Å². The Bertz CT molecular complexity index is 389. The second-order valence-corrected chi connectivity index (χ2v) is 2.76. The molecular formula is C8H10N3O3+. The summed E-state index contributed by atoms with van der Waals surface area (Å²) in [6.45, 7) is 1.62. The van der Waals surface area contributed by atoms with E-state index in [1.807, 2.05) is 0 Å². The largest absolute Gasteiger partial charge is 0.296 e. The number of nitrogens with zero attached hydrogens (tertiary/aromatic N) is 1. The third kappa shape index (κ3) is 1.86. The minimum Gasteiger partial charge on any atom is -0.264 e. The maximum absolute atomic E-state index is 11.1. The van der Waals surface area contributed by atoms with Crippen LogP contribution in [0.3, 0.4) is 0 Å². The van der Waals surface area contributed by atoms with Crippen LogP contribution in [0.5, 0.6) is 0 Å². The molecule has 0 spiro atoms. The summed E-state index contributed by atoms with van der Waals surface area (Å²) in [5.41, 5.74) is 2.85. The van der Waals surface area contributed by atoms with Crippen molar-refractivity contribution in [1.82, 2.24) is 5.43 Å². The number of quaternary nitrogens is 1. The lowest BCUT2D eigenvalue weighted by molar-refractivity contribution is -0.422. The molecule has 0 aromatic heterocycles. The van der Waals surface area contributed by atoms with Crippen LogP contribution in [-0.2, 0) is 0 Å². The van der Waals surface area contributed by atoms with Crippen LogP contribution in [0.2, 0.25) is 0 Å². The summed E-state index contributed by atoms with van der Waals surface area (Å²) in [6.07, 6.45) is 0. The number of aryl methyl sites for hydroxylation is 1. The molecule has 6 nitrogen and oxygen atoms in total. The summed E-state index contributed by atoms with van der Waals surface area (Å²) in [6, 6.07) is 4.28. The van der Waals surface area contributed by atoms with E-state index in [4.69, 9.17) is 0 Å². The number of carbonyl (C=O) groups excluding carboxylic acids is 1. The molecule has 0 heterocycles. The maximum Gasteiger partial charge on any atom is 0.296 e. The summed E-state index contributed by atoms with van der Waals surface area (Å²) in [7, 11) is 0. The summed E-state index contributed by atoms with van der Waals surface area (Å²) in [4.78, 5) is 21.1. The molecule has 74 valence electrons. The minimum absolute atomic E-state index is 0.0638. The Morgan fingerprint density at radius 1 is 1.57 bits per heavy atom. The van der Waals surface area contributed by atoms with Gasteiger partial charge in [0.15, 0.2) is 0 Å². The molecule has 0 aliphatic rings. The quantitative estimate of drug-likeness (QED) is 0.505. The van der Waals surface area contributed by atoms with Crippen molar-refractivity contribution in [2.45, 2.75) is 6.92 Å². The first-order chi connectivity index (χ1) is 6.56. The number of amides is 1. The van der Waals surface area contributed by atoms with Gasteiger partial charge in [0.1, 0.15) is 0 Å². The topological polar surface area (TPSA) is 99.9 Å². The van der Waals surface area contributed by atoms with Gasteiger partial charge in [0.05, 0.1) is 10.5 Å². The average Bonchev–Trinajstić information content (AvgIpc) is 2.17. The van der Waals surface area contributed by atoms with Crippen molar-refractivity contribution in [1.29, 1.82) is 0 Å². The molecule has 0 saturated carbocycles. The number of benzene rings is 1. The lowest BCUT2D eigenvalue weighted by atomic mass is 10.1. The van der Waals surface area contributed by atoms with Crippen molar-refractivity contribution in [3.63, 3.8) is 0 Å². The number of nitro groups is 1. The van der Waals surface area contributed by atoms with Gasteiger partial charge in [-0.2, -0.15) is 0 Å². The number of hydrogen-bond acceptors (Lipinski definition) is 3. The zero-order valence-electron chi connectivity index (χ0n) is 7.61. The number of hydrogen-bond donors (Lipinski definition) is 2. The third-order valence-corrected chi connectivity index (χ3v) is 1.83. The highest BCUT2D eigenvalue weighted by molar-refractivity contribution is 5.93. The van der Waals surface area contributed by atoms with Crippen molar-refractivity contribution < 1.29 is 15.6 Å². The van der Waals surface area contributed by atoms with E-state index in [1.54, 1.807) is 6.92 Å². The van der Waals surface area contributed by atoms with Crippen LogP contribution in [0, 0.1) is 17.0 Å². The van der Waals surface area contributed by atoms with Crippen molar-refractivity contribution in [2.75, 3.05) is 0 Å². The summed E-state index contributed by atoms with van der Waals surface area (Å²) in [5, 5.41) is 10.5. The highest BCUT2D eigenvalue weighted by Gasteiger charge is 2.14. The Morgan fingerprint density at radius 2 is 2.21 bits per heavy atom. The predicted octanol–water partition coefficient (Wildman–Crippen LogP) is -0.210. The molecule has 0 fully saturated rings. The predicted molar refractivity (Wildman–Crippen MR) is 48.2 cm³/mol. The van der Waals surface area contributed by atoms with Gasteiger partial charge in [-0.3, -0.25) is 20.8 Å². The maximum atomic E-state index is 11.1. The Kier molecular flexibility index (Phi) is 2.78. The van der Waals surface area contributed by atoms with Crippen LogP contribution in [0.15, 0.2) is 18.2 Å². The second kappa shape index (κ2) is 3.84. The van der Waals surface area contributed by atoms with E-state index in [9.17, 15) is 14.9 Å². The van der Waals surface area contributed by atoms with Gasteiger partial charge in [-0.15, -0.1) is 0 Å². The summed E-state index contributed by atoms with van der Waals surface area (Å²) < 4.78 is 0. The highest BCUT2D eigenvalue weighted by atomic mass is 16.6. The van der Waals surface area contributed by atoms with E-state index in [0.29, 0.717) is 5.56 Å². The Morgan fingerprint density at radius 3 is 2.71 bits per heavy atom. The fraction of sp³-hybridized carbons (Fsp3) is 0.125. The van der Waals surface area contributed by atoms with Crippen LogP contribution >= 0.6 is 0 Å². The SMILES string of the molecule is Cc1ccc(C(=O)N[NH3+])cc1[N+](=O)[O-]. The van der Waals surface area contributed by atoms with Gasteiger partial charge in [-0.1, -0.05) is 6.07 Å². The highest BCUT2D eigenvalue weighted by Crippen LogP contribution is 2.18. The molecule has 1 amide bonds. The molecule has 1 aromatic rings. The zero-order valence-corrected chi connectivity index (χ0v) is 7.61. The first-order valence-electron chi connectivity index (χ1n) is 3.88. The van der Waals surface area contributed by atoms with Gasteiger partial charge in [0.25, 0.3) is 11.6 Å². The van der Waals surface area contributed by atoms with E-state index in [-0.39, 0.29) is 11.3 Å². The lowest BCUT2D eigenvalue weighted by Crippen LogP contribution is -2.67. The Balaban J connectivity index is 3.19. The molecule has 0 aliphatic heterocycles. The molecule has 1 rings (SSSR count). The molecule has 0 radical (unpaired) electrons. The van der Waals surface area contributed by atoms with E-state index >= 15 is 0 Å². The Hall–Kier alpha value is -1.95. The average molecular weight is 196 g/mol. The van der Waals surface area contributed by atoms with E-state index in [0.717, 1.165) is 0 Å². The van der Waals surface area contributed by atoms with Crippen LogP contribution in [0.4, 0.5) is 5.69 Å². The fourth-order valence-corrected chi connectivity index (χ4v) is 1.05. The molecule has 0 saturated heterocycles. The van der Waals surface area contributed by atoms with Gasteiger partial charge in [-0.25, -0.2) is 5.43 Å². The van der Waals surface area contributed by atoms with Crippen LogP contribution < -0.4 is 11.3 Å². The van der Waals surface area contributed by atoms with Gasteiger partial charge in [0, 0.05) is 11.6 Å². The third-order valence-electron chi connectivity index (χ3n) is 1.83. The fourth-order valence-electron chi connectivity index (χ4n) is 1.05. The van der Waals surface area contributed by atoms with Crippen molar-refractivity contribution in [3.05, 3.63) is 39.4 Å². The van der Waals surface area contributed by atoms with E-state index < -0.39 is 10.8 Å². The monoisotopic (exact) mass is 196 g/mol. The molecule has 14 heavy (non-hydrogen) atoms. The van der Waals surface area contributed by atoms with Crippen molar-refractivity contribution in [2.24, 2.45) is 0 Å². The Labute approximate surface area is 79.8 Å². The molecule has 1 aromatic carbocycles. The van der Waals surface area contributed by atoms with E-state index in [1.165, 1.54) is 18.2 Å². The standard InChI is InChI=1S/C8H9N3O3/c1-5-2-3-6(8(12)10-9)4-7(5)11(13)14/h2-4H,9H2,1H3,(H,10,12)/p+1. The lowest BCUT2D eigenvalue weighted by Gasteiger charge is -1.99. The molecule has 0 aliphatic carbocycles. The van der Waals surface area contributed by atoms with E-state index in [2.05, 4.69) is 11.3 Å². The molecule has 0 atom stereocenters. The normalized spacial score (nSPS) is 9.57. The summed E-state index contributed by atoms with van der Waals surface area (Å²) in [5.74, 6) is 2.75. The smallest absolute Gasteiger partial charge is 0.264 e.